The summed E-state index contributed by atoms with van der Waals surface area (Å²) in [5.41, 5.74) is 2.99. The number of benzene rings is 3. The van der Waals surface area contributed by atoms with E-state index in [9.17, 15) is 29.4 Å². The lowest BCUT2D eigenvalue weighted by molar-refractivity contribution is -0.302. The van der Waals surface area contributed by atoms with Crippen LogP contribution in [-0.2, 0) is 42.9 Å². The van der Waals surface area contributed by atoms with Gasteiger partial charge in [-0.15, -0.1) is 0 Å². The lowest BCUT2D eigenvalue weighted by Gasteiger charge is -2.47. The van der Waals surface area contributed by atoms with Gasteiger partial charge in [-0.1, -0.05) is 100 Å². The number of amides is 1. The molecular weight excluding hydrogens is 875 g/mol. The van der Waals surface area contributed by atoms with Crippen LogP contribution in [0.3, 0.4) is 0 Å². The van der Waals surface area contributed by atoms with Crippen LogP contribution in [0, 0.1) is 29.6 Å². The SMILES string of the molecule is CCC1/C=C(\C)CC(C)CC(OC)C2OC(O)(C(=O)C(=O)N3CCCCC3C(=O)OC(C(C)=CC3CCC(c4cc5ccccc5c5ccccc45)C(OC)C3)C(C)C(O)CC1=O)C(C)CC2OC. The second-order valence-corrected chi connectivity index (χ2v) is 20.9. The molecule has 2 saturated heterocycles. The number of hydrogen-bond donors (Lipinski definition) is 2. The summed E-state index contributed by atoms with van der Waals surface area (Å²) in [6.45, 7) is 11.5. The highest BCUT2D eigenvalue weighted by Crippen LogP contribution is 2.44. The molecule has 0 aromatic heterocycles. The highest BCUT2D eigenvalue weighted by molar-refractivity contribution is 6.39. The average Bonchev–Trinajstić information content (AvgIpc) is 3.35. The number of aliphatic hydroxyl groups excluding tert-OH is 1. The van der Waals surface area contributed by atoms with E-state index in [1.807, 2.05) is 26.8 Å². The van der Waals surface area contributed by atoms with Crippen molar-refractivity contribution in [2.24, 2.45) is 29.6 Å². The molecule has 2 N–H and O–H groups in total. The number of ketones is 2. The second-order valence-electron chi connectivity index (χ2n) is 20.9. The van der Waals surface area contributed by atoms with Crippen LogP contribution >= 0.6 is 0 Å². The summed E-state index contributed by atoms with van der Waals surface area (Å²) in [7, 11) is 4.86. The van der Waals surface area contributed by atoms with Crippen LogP contribution in [0.1, 0.15) is 124 Å². The average molecular weight is 952 g/mol. The molecule has 3 heterocycles. The van der Waals surface area contributed by atoms with E-state index in [1.54, 1.807) is 35.2 Å². The number of hydrogen-bond acceptors (Lipinski definition) is 11. The lowest BCUT2D eigenvalue weighted by atomic mass is 9.74. The van der Waals surface area contributed by atoms with Gasteiger partial charge in [0.05, 0.1) is 24.4 Å². The van der Waals surface area contributed by atoms with Crippen molar-refractivity contribution in [2.75, 3.05) is 27.9 Å². The Kier molecular flexibility index (Phi) is 17.4. The Morgan fingerprint density at radius 1 is 0.841 bits per heavy atom. The quantitative estimate of drug-likeness (QED) is 0.101. The zero-order valence-electron chi connectivity index (χ0n) is 42.4. The molecule has 7 rings (SSSR count). The Morgan fingerprint density at radius 3 is 2.20 bits per heavy atom. The summed E-state index contributed by atoms with van der Waals surface area (Å²) < 4.78 is 30.9. The first kappa shape index (κ1) is 52.5. The van der Waals surface area contributed by atoms with Gasteiger partial charge in [-0.25, -0.2) is 4.79 Å². The zero-order chi connectivity index (χ0) is 49.7. The van der Waals surface area contributed by atoms with E-state index in [-0.39, 0.29) is 55.4 Å². The maximum Gasteiger partial charge on any atom is 0.329 e. The monoisotopic (exact) mass is 952 g/mol. The van der Waals surface area contributed by atoms with Gasteiger partial charge >= 0.3 is 5.97 Å². The number of piperidine rings is 1. The molecular formula is C57H77NO11. The molecule has 1 aliphatic carbocycles. The van der Waals surface area contributed by atoms with E-state index in [4.69, 9.17) is 23.7 Å². The molecule has 12 heteroatoms. The van der Waals surface area contributed by atoms with E-state index in [1.165, 1.54) is 32.0 Å². The van der Waals surface area contributed by atoms with E-state index in [2.05, 4.69) is 67.6 Å². The minimum atomic E-state index is -2.51. The van der Waals surface area contributed by atoms with E-state index < -0.39 is 77.8 Å². The predicted molar refractivity (Wildman–Crippen MR) is 266 cm³/mol. The van der Waals surface area contributed by atoms with Crippen LogP contribution in [0.2, 0.25) is 0 Å². The van der Waals surface area contributed by atoms with Gasteiger partial charge in [0, 0.05) is 58.0 Å². The number of esters is 1. The number of Topliss-reactive ketones (excluding diaryl/α,β-unsaturated/α-hetero) is 2. The summed E-state index contributed by atoms with van der Waals surface area (Å²) in [4.78, 5) is 58.9. The number of carbonyl (C=O) groups excluding carboxylic acids is 4. The second kappa shape index (κ2) is 22.8. The summed E-state index contributed by atoms with van der Waals surface area (Å²) in [5.74, 6) is -7.25. The summed E-state index contributed by atoms with van der Waals surface area (Å²) >= 11 is 0. The van der Waals surface area contributed by atoms with E-state index >= 15 is 0 Å². The number of allylic oxidation sites excluding steroid dienone is 3. The van der Waals surface area contributed by atoms with Gasteiger partial charge in [0.1, 0.15) is 24.0 Å². The van der Waals surface area contributed by atoms with Crippen LogP contribution in [0.15, 0.2) is 77.9 Å². The van der Waals surface area contributed by atoms with Gasteiger partial charge in [0.15, 0.2) is 0 Å². The molecule has 3 aromatic carbocycles. The smallest absolute Gasteiger partial charge is 0.329 e. The largest absolute Gasteiger partial charge is 0.456 e. The molecule has 3 fully saturated rings. The van der Waals surface area contributed by atoms with Gasteiger partial charge in [-0.2, -0.15) is 0 Å². The fraction of sp³-hybridized carbons (Fsp3) is 0.614. The van der Waals surface area contributed by atoms with Crippen LogP contribution in [0.25, 0.3) is 21.5 Å². The zero-order valence-corrected chi connectivity index (χ0v) is 42.4. The van der Waals surface area contributed by atoms with Crippen molar-refractivity contribution >= 4 is 45.0 Å². The highest BCUT2D eigenvalue weighted by atomic mass is 16.7. The number of cyclic esters (lactones) is 1. The number of ether oxygens (including phenoxy) is 5. The van der Waals surface area contributed by atoms with Crippen molar-refractivity contribution in [3.63, 3.8) is 0 Å². The summed E-state index contributed by atoms with van der Waals surface area (Å²) in [5, 5.41) is 29.0. The van der Waals surface area contributed by atoms with Crippen molar-refractivity contribution in [3.05, 3.63) is 83.5 Å². The molecule has 2 bridgehead atoms. The van der Waals surface area contributed by atoms with E-state index in [0.717, 1.165) is 24.0 Å². The first-order chi connectivity index (χ1) is 33.0. The molecule has 69 heavy (non-hydrogen) atoms. The fourth-order valence-corrected chi connectivity index (χ4v) is 12.2. The molecule has 3 aromatic rings. The number of rotatable bonds is 7. The maximum absolute atomic E-state index is 14.7. The third-order valence-corrected chi connectivity index (χ3v) is 16.1. The summed E-state index contributed by atoms with van der Waals surface area (Å²) in [6.07, 6.45) is 5.39. The van der Waals surface area contributed by atoms with Gasteiger partial charge < -0.3 is 38.8 Å². The topological polar surface area (TPSA) is 158 Å². The number of fused-ring (bicyclic) bond motifs is 6. The molecule has 14 unspecified atom stereocenters. The van der Waals surface area contributed by atoms with Gasteiger partial charge in [0.2, 0.25) is 5.79 Å². The van der Waals surface area contributed by atoms with Crippen LogP contribution in [-0.4, -0.2) is 115 Å². The Hall–Kier alpha value is -4.30. The number of aliphatic hydroxyl groups is 2. The molecule has 3 aliphatic heterocycles. The van der Waals surface area contributed by atoms with Crippen molar-refractivity contribution in [2.45, 2.75) is 167 Å². The Balaban J connectivity index is 1.21. The van der Waals surface area contributed by atoms with Crippen molar-refractivity contribution in [3.8, 4) is 0 Å². The molecule has 376 valence electrons. The van der Waals surface area contributed by atoms with Crippen LogP contribution in [0.4, 0.5) is 0 Å². The molecule has 1 amide bonds. The van der Waals surface area contributed by atoms with Crippen molar-refractivity contribution < 1.29 is 53.1 Å². The Bertz CT molecular complexity index is 2380. The fourth-order valence-electron chi connectivity index (χ4n) is 12.2. The van der Waals surface area contributed by atoms with Gasteiger partial charge in [-0.3, -0.25) is 14.4 Å². The van der Waals surface area contributed by atoms with Crippen molar-refractivity contribution in [1.29, 1.82) is 0 Å². The molecule has 12 nitrogen and oxygen atoms in total. The first-order valence-corrected chi connectivity index (χ1v) is 25.5. The lowest BCUT2D eigenvalue weighted by Crippen LogP contribution is -2.64. The molecule has 14 atom stereocenters. The Morgan fingerprint density at radius 2 is 1.51 bits per heavy atom. The normalized spacial score (nSPS) is 36.0. The molecule has 0 spiro atoms. The number of methoxy groups -OCH3 is 3. The first-order valence-electron chi connectivity index (χ1n) is 25.5. The molecule has 1 saturated carbocycles. The Labute approximate surface area is 409 Å². The minimum Gasteiger partial charge on any atom is -0.456 e. The third-order valence-electron chi connectivity index (χ3n) is 16.1. The number of carbonyl (C=O) groups is 4. The van der Waals surface area contributed by atoms with Crippen LogP contribution in [0.5, 0.6) is 0 Å². The maximum atomic E-state index is 14.7. The standard InChI is InChI=1S/C57H77NO11/c1-10-39-26-33(2)25-34(3)27-50(66-8)53-51(67-9)29-36(5)57(64,69-53)54(61)55(62)58-24-16-15-21-46(58)56(63)68-52(37(6)47(59)32-48(39)60)35(4)28-38-22-23-44(49(30-38)65-7)45-31-40-17-11-12-18-41(40)42-19-13-14-20-43(42)45/h11-14,17-20,26,28,31,34,36-39,44,46-47,49-53,59,64H,10,15-16,21-25,27,29-30,32H2,1-9H3/b33-26+,35-28?. The summed E-state index contributed by atoms with van der Waals surface area (Å²) in [6, 6.07) is 18.2. The highest BCUT2D eigenvalue weighted by Gasteiger charge is 2.56. The molecule has 4 aliphatic rings. The minimum absolute atomic E-state index is 0.0324. The van der Waals surface area contributed by atoms with Crippen molar-refractivity contribution in [1.82, 2.24) is 4.90 Å². The molecule has 0 radical (unpaired) electrons. The van der Waals surface area contributed by atoms with Gasteiger partial charge in [0.25, 0.3) is 11.7 Å². The predicted octanol–water partition coefficient (Wildman–Crippen LogP) is 9.20. The number of nitrogens with zero attached hydrogens (tertiary/aromatic N) is 1. The van der Waals surface area contributed by atoms with Gasteiger partial charge in [-0.05, 0) is 123 Å². The van der Waals surface area contributed by atoms with E-state index in [0.29, 0.717) is 38.5 Å². The van der Waals surface area contributed by atoms with Crippen LogP contribution < -0.4 is 0 Å². The third kappa shape index (κ3) is 11.3.